The molecule has 2 aromatic rings. The van der Waals surface area contributed by atoms with E-state index in [1.165, 1.54) is 0 Å². The van der Waals surface area contributed by atoms with E-state index >= 15 is 0 Å². The maximum Gasteiger partial charge on any atom is 0.260 e. The van der Waals surface area contributed by atoms with Crippen molar-refractivity contribution >= 4 is 5.91 Å². The van der Waals surface area contributed by atoms with Crippen LogP contribution in [-0.4, -0.2) is 24.0 Å². The van der Waals surface area contributed by atoms with E-state index in [0.29, 0.717) is 25.3 Å². The van der Waals surface area contributed by atoms with Crippen LogP contribution < -0.4 is 4.74 Å². The lowest BCUT2D eigenvalue weighted by atomic mass is 10.1. The number of ether oxygens (including phenoxy) is 1. The second-order valence-corrected chi connectivity index (χ2v) is 5.82. The Hall–Kier alpha value is -2.80. The van der Waals surface area contributed by atoms with Crippen molar-refractivity contribution in [3.8, 4) is 11.8 Å². The molecule has 24 heavy (non-hydrogen) atoms. The molecule has 0 aromatic heterocycles. The molecule has 0 aliphatic heterocycles. The fraction of sp³-hybridized carbons (Fsp3) is 0.300. The van der Waals surface area contributed by atoms with Gasteiger partial charge in [0.25, 0.3) is 5.91 Å². The van der Waals surface area contributed by atoms with Gasteiger partial charge in [0, 0.05) is 13.1 Å². The zero-order chi connectivity index (χ0) is 17.4. The van der Waals surface area contributed by atoms with Crippen LogP contribution in [0.15, 0.2) is 48.5 Å². The molecule has 0 spiro atoms. The Morgan fingerprint density at radius 3 is 2.42 bits per heavy atom. The highest BCUT2D eigenvalue weighted by Gasteiger charge is 2.14. The van der Waals surface area contributed by atoms with Crippen LogP contribution in [0.1, 0.15) is 23.1 Å². The number of carbonyl (C=O) groups excluding carboxylic acids is 1. The summed E-state index contributed by atoms with van der Waals surface area (Å²) in [5.74, 6) is 0.578. The summed E-state index contributed by atoms with van der Waals surface area (Å²) in [7, 11) is 0. The highest BCUT2D eigenvalue weighted by molar-refractivity contribution is 5.77. The molecule has 0 heterocycles. The first kappa shape index (κ1) is 17.6. The van der Waals surface area contributed by atoms with Crippen LogP contribution in [0.25, 0.3) is 0 Å². The largest absolute Gasteiger partial charge is 0.484 e. The molecular weight excluding hydrogens is 300 g/mol. The van der Waals surface area contributed by atoms with E-state index in [9.17, 15) is 4.79 Å². The summed E-state index contributed by atoms with van der Waals surface area (Å²) in [5, 5.41) is 8.81. The maximum absolute atomic E-state index is 12.5. The summed E-state index contributed by atoms with van der Waals surface area (Å²) >= 11 is 0. The van der Waals surface area contributed by atoms with Gasteiger partial charge >= 0.3 is 0 Å². The molecule has 0 N–H and O–H groups in total. The third-order valence-electron chi connectivity index (χ3n) is 3.62. The van der Waals surface area contributed by atoms with Gasteiger partial charge in [-0.25, -0.2) is 0 Å². The number of nitriles is 1. The average molecular weight is 322 g/mol. The van der Waals surface area contributed by atoms with Crippen molar-refractivity contribution < 1.29 is 9.53 Å². The monoisotopic (exact) mass is 322 g/mol. The third-order valence-corrected chi connectivity index (χ3v) is 3.62. The van der Waals surface area contributed by atoms with Gasteiger partial charge in [-0.2, -0.15) is 5.26 Å². The number of nitrogens with zero attached hydrogens (tertiary/aromatic N) is 2. The second-order valence-electron chi connectivity index (χ2n) is 5.82. The molecule has 0 saturated heterocycles. The van der Waals surface area contributed by atoms with E-state index in [-0.39, 0.29) is 12.5 Å². The molecule has 0 saturated carbocycles. The van der Waals surface area contributed by atoms with Gasteiger partial charge in [0.2, 0.25) is 0 Å². The number of hydrogen-bond acceptors (Lipinski definition) is 3. The zero-order valence-corrected chi connectivity index (χ0v) is 14.2. The average Bonchev–Trinajstić information content (AvgIpc) is 2.56. The van der Waals surface area contributed by atoms with Crippen molar-refractivity contribution in [2.24, 2.45) is 0 Å². The first-order valence-electron chi connectivity index (χ1n) is 7.98. The molecule has 2 aromatic carbocycles. The summed E-state index contributed by atoms with van der Waals surface area (Å²) < 4.78 is 5.65. The second kappa shape index (κ2) is 8.73. The molecule has 0 bridgehead atoms. The number of rotatable bonds is 7. The Kier molecular flexibility index (Phi) is 6.39. The van der Waals surface area contributed by atoms with Crippen molar-refractivity contribution in [1.82, 2.24) is 4.90 Å². The molecule has 124 valence electrons. The van der Waals surface area contributed by atoms with Gasteiger partial charge in [-0.3, -0.25) is 4.79 Å². The van der Waals surface area contributed by atoms with E-state index in [1.54, 1.807) is 4.90 Å². The SMILES string of the molecule is Cc1cc(C)cc(OCC(=O)N(CCC#N)Cc2ccccc2)c1. The number of hydrogen-bond donors (Lipinski definition) is 0. The lowest BCUT2D eigenvalue weighted by molar-refractivity contribution is -0.133. The van der Waals surface area contributed by atoms with Crippen LogP contribution in [0.5, 0.6) is 5.75 Å². The van der Waals surface area contributed by atoms with Crippen LogP contribution in [0.3, 0.4) is 0 Å². The molecule has 0 fully saturated rings. The minimum Gasteiger partial charge on any atom is -0.484 e. The Morgan fingerprint density at radius 2 is 1.79 bits per heavy atom. The van der Waals surface area contributed by atoms with Crippen molar-refractivity contribution in [2.75, 3.05) is 13.2 Å². The van der Waals surface area contributed by atoms with Gasteiger partial charge in [-0.05, 0) is 42.7 Å². The van der Waals surface area contributed by atoms with E-state index in [0.717, 1.165) is 16.7 Å². The van der Waals surface area contributed by atoms with Crippen LogP contribution >= 0.6 is 0 Å². The van der Waals surface area contributed by atoms with Gasteiger partial charge in [-0.1, -0.05) is 36.4 Å². The predicted molar refractivity (Wildman–Crippen MR) is 93.5 cm³/mol. The Bertz CT molecular complexity index is 700. The fourth-order valence-electron chi connectivity index (χ4n) is 2.53. The Labute approximate surface area is 143 Å². The standard InChI is InChI=1S/C20H22N2O2/c1-16-11-17(2)13-19(12-16)24-15-20(23)22(10-6-9-21)14-18-7-4-3-5-8-18/h3-5,7-8,11-13H,6,10,14-15H2,1-2H3. The lowest BCUT2D eigenvalue weighted by Crippen LogP contribution is -2.35. The fourth-order valence-corrected chi connectivity index (χ4v) is 2.53. The minimum atomic E-state index is -0.117. The number of carbonyl (C=O) groups is 1. The topological polar surface area (TPSA) is 53.3 Å². The molecule has 0 radical (unpaired) electrons. The normalized spacial score (nSPS) is 10.0. The third kappa shape index (κ3) is 5.44. The lowest BCUT2D eigenvalue weighted by Gasteiger charge is -2.22. The van der Waals surface area contributed by atoms with E-state index in [4.69, 9.17) is 10.00 Å². The quantitative estimate of drug-likeness (QED) is 0.782. The van der Waals surface area contributed by atoms with Crippen molar-refractivity contribution in [3.63, 3.8) is 0 Å². The van der Waals surface area contributed by atoms with Crippen LogP contribution in [0, 0.1) is 25.2 Å². The molecule has 0 aliphatic carbocycles. The van der Waals surface area contributed by atoms with Crippen molar-refractivity contribution in [3.05, 3.63) is 65.2 Å². The molecule has 0 atom stereocenters. The first-order valence-corrected chi connectivity index (χ1v) is 7.98. The molecule has 0 unspecified atom stereocenters. The molecule has 2 rings (SSSR count). The molecule has 4 nitrogen and oxygen atoms in total. The van der Waals surface area contributed by atoms with Gasteiger partial charge in [0.05, 0.1) is 12.5 Å². The van der Waals surface area contributed by atoms with Crippen LogP contribution in [-0.2, 0) is 11.3 Å². The van der Waals surface area contributed by atoms with Gasteiger partial charge in [-0.15, -0.1) is 0 Å². The number of amides is 1. The summed E-state index contributed by atoms with van der Waals surface area (Å²) in [5.41, 5.74) is 3.24. The molecule has 4 heteroatoms. The van der Waals surface area contributed by atoms with Crippen molar-refractivity contribution in [1.29, 1.82) is 5.26 Å². The van der Waals surface area contributed by atoms with E-state index in [1.807, 2.05) is 56.3 Å². The predicted octanol–water partition coefficient (Wildman–Crippen LogP) is 3.62. The Balaban J connectivity index is 2.00. The number of aryl methyl sites for hydroxylation is 2. The maximum atomic E-state index is 12.5. The molecule has 0 aliphatic rings. The van der Waals surface area contributed by atoms with E-state index < -0.39 is 0 Å². The van der Waals surface area contributed by atoms with Gasteiger partial charge < -0.3 is 9.64 Å². The highest BCUT2D eigenvalue weighted by Crippen LogP contribution is 2.16. The van der Waals surface area contributed by atoms with Crippen molar-refractivity contribution in [2.45, 2.75) is 26.8 Å². The summed E-state index contributed by atoms with van der Waals surface area (Å²) in [6, 6.07) is 17.7. The van der Waals surface area contributed by atoms with Gasteiger partial charge in [0.1, 0.15) is 5.75 Å². The van der Waals surface area contributed by atoms with Crippen LogP contribution in [0.4, 0.5) is 0 Å². The zero-order valence-electron chi connectivity index (χ0n) is 14.2. The molecular formula is C20H22N2O2. The summed E-state index contributed by atoms with van der Waals surface area (Å²) in [4.78, 5) is 14.2. The minimum absolute atomic E-state index is 0.0266. The highest BCUT2D eigenvalue weighted by atomic mass is 16.5. The summed E-state index contributed by atoms with van der Waals surface area (Å²) in [6.45, 7) is 4.85. The molecule has 1 amide bonds. The van der Waals surface area contributed by atoms with Gasteiger partial charge in [0.15, 0.2) is 6.61 Å². The first-order chi connectivity index (χ1) is 11.6. The summed E-state index contributed by atoms with van der Waals surface area (Å²) in [6.07, 6.45) is 0.308. The Morgan fingerprint density at radius 1 is 1.12 bits per heavy atom. The number of benzene rings is 2. The van der Waals surface area contributed by atoms with E-state index in [2.05, 4.69) is 12.1 Å². The smallest absolute Gasteiger partial charge is 0.260 e. The van der Waals surface area contributed by atoms with Crippen LogP contribution in [0.2, 0.25) is 0 Å².